The van der Waals surface area contributed by atoms with E-state index in [9.17, 15) is 12.8 Å². The van der Waals surface area contributed by atoms with Gasteiger partial charge in [0, 0.05) is 16.7 Å². The predicted octanol–water partition coefficient (Wildman–Crippen LogP) is 4.08. The van der Waals surface area contributed by atoms with Gasteiger partial charge in [-0.3, -0.25) is 0 Å². The zero-order valence-corrected chi connectivity index (χ0v) is 13.1. The fourth-order valence-corrected chi connectivity index (χ4v) is 2.96. The third kappa shape index (κ3) is 4.10. The van der Waals surface area contributed by atoms with Crippen molar-refractivity contribution in [3.05, 3.63) is 22.4 Å². The molecule has 0 aliphatic carbocycles. The predicted molar refractivity (Wildman–Crippen MR) is 72.1 cm³/mol. The van der Waals surface area contributed by atoms with Crippen molar-refractivity contribution in [1.29, 1.82) is 0 Å². The molecule has 0 aromatic heterocycles. The second kappa shape index (κ2) is 6.21. The van der Waals surface area contributed by atoms with Crippen LogP contribution >= 0.6 is 26.6 Å². The van der Waals surface area contributed by atoms with E-state index in [1.165, 1.54) is 0 Å². The van der Waals surface area contributed by atoms with Crippen LogP contribution in [0.3, 0.4) is 0 Å². The molecule has 3 nitrogen and oxygen atoms in total. The van der Waals surface area contributed by atoms with Gasteiger partial charge in [0.25, 0.3) is 9.05 Å². The quantitative estimate of drug-likeness (QED) is 0.744. The summed E-state index contributed by atoms with van der Waals surface area (Å²) >= 11 is 3.14. The van der Waals surface area contributed by atoms with Gasteiger partial charge >= 0.3 is 0 Å². The van der Waals surface area contributed by atoms with Crippen molar-refractivity contribution in [2.24, 2.45) is 0 Å². The van der Waals surface area contributed by atoms with Crippen molar-refractivity contribution in [1.82, 2.24) is 0 Å². The molecule has 18 heavy (non-hydrogen) atoms. The van der Waals surface area contributed by atoms with Crippen LogP contribution in [-0.4, -0.2) is 14.5 Å². The van der Waals surface area contributed by atoms with Gasteiger partial charge in [0.1, 0.15) is 16.5 Å². The molecule has 0 saturated carbocycles. The molecular formula is C11H13BrClFO3S. The summed E-state index contributed by atoms with van der Waals surface area (Å²) < 4.78 is 41.7. The van der Waals surface area contributed by atoms with E-state index in [-0.39, 0.29) is 11.9 Å². The number of benzene rings is 1. The summed E-state index contributed by atoms with van der Waals surface area (Å²) in [6.45, 7) is 3.87. The first-order valence-corrected chi connectivity index (χ1v) is 8.46. The van der Waals surface area contributed by atoms with E-state index in [0.29, 0.717) is 4.47 Å². The zero-order chi connectivity index (χ0) is 13.9. The molecule has 0 spiro atoms. The minimum Gasteiger partial charge on any atom is -0.489 e. The smallest absolute Gasteiger partial charge is 0.264 e. The lowest BCUT2D eigenvalue weighted by molar-refractivity contribution is 0.207. The number of hydrogen-bond donors (Lipinski definition) is 0. The van der Waals surface area contributed by atoms with E-state index in [0.717, 1.165) is 25.0 Å². The summed E-state index contributed by atoms with van der Waals surface area (Å²) in [5, 5.41) is 0. The first kappa shape index (κ1) is 15.7. The maximum Gasteiger partial charge on any atom is 0.264 e. The molecule has 0 radical (unpaired) electrons. The zero-order valence-electron chi connectivity index (χ0n) is 9.91. The first-order chi connectivity index (χ1) is 8.25. The lowest BCUT2D eigenvalue weighted by Crippen LogP contribution is -2.12. The largest absolute Gasteiger partial charge is 0.489 e. The highest BCUT2D eigenvalue weighted by Gasteiger charge is 2.20. The van der Waals surface area contributed by atoms with E-state index in [4.69, 9.17) is 15.4 Å². The third-order valence-electron chi connectivity index (χ3n) is 2.27. The Labute approximate surface area is 119 Å². The molecule has 0 aliphatic heterocycles. The molecule has 102 valence electrons. The summed E-state index contributed by atoms with van der Waals surface area (Å²) in [6.07, 6.45) is 1.68. The van der Waals surface area contributed by atoms with Crippen molar-refractivity contribution >= 4 is 35.7 Å². The molecular weight excluding hydrogens is 347 g/mol. The Hall–Kier alpha value is -0.330. The number of rotatable bonds is 5. The minimum absolute atomic E-state index is 0.0795. The summed E-state index contributed by atoms with van der Waals surface area (Å²) in [6, 6.07) is 2.12. The fourth-order valence-electron chi connectivity index (χ4n) is 1.47. The van der Waals surface area contributed by atoms with Crippen LogP contribution in [-0.2, 0) is 9.05 Å². The topological polar surface area (TPSA) is 43.4 Å². The van der Waals surface area contributed by atoms with Crippen LogP contribution in [0, 0.1) is 5.82 Å². The Morgan fingerprint density at radius 2 is 2.11 bits per heavy atom. The van der Waals surface area contributed by atoms with Crippen molar-refractivity contribution in [2.75, 3.05) is 0 Å². The summed E-state index contributed by atoms with van der Waals surface area (Å²) in [7, 11) is 1.01. The van der Waals surface area contributed by atoms with Gasteiger partial charge in [-0.1, -0.05) is 13.3 Å². The Morgan fingerprint density at radius 3 is 2.61 bits per heavy atom. The van der Waals surface area contributed by atoms with Crippen LogP contribution in [0.4, 0.5) is 4.39 Å². The summed E-state index contributed by atoms with van der Waals surface area (Å²) in [5.41, 5.74) is 0. The molecule has 0 bridgehead atoms. The molecule has 1 atom stereocenters. The Balaban J connectivity index is 3.08. The van der Waals surface area contributed by atoms with Gasteiger partial charge < -0.3 is 4.74 Å². The normalized spacial score (nSPS) is 13.4. The Kier molecular flexibility index (Phi) is 5.43. The highest BCUT2D eigenvalue weighted by molar-refractivity contribution is 9.10. The van der Waals surface area contributed by atoms with Crippen LogP contribution < -0.4 is 4.74 Å². The van der Waals surface area contributed by atoms with Crippen molar-refractivity contribution < 1.29 is 17.5 Å². The van der Waals surface area contributed by atoms with E-state index < -0.39 is 19.8 Å². The van der Waals surface area contributed by atoms with Crippen LogP contribution in [0.2, 0.25) is 0 Å². The average Bonchev–Trinajstić information content (AvgIpc) is 2.21. The second-order valence-electron chi connectivity index (χ2n) is 3.87. The standard InChI is InChI=1S/C11H13BrClFO3S/c1-3-4-7(2)17-10-6-9(14)11(5-8(10)12)18(13,15)16/h5-7H,3-4H2,1-2H3. The number of hydrogen-bond acceptors (Lipinski definition) is 3. The van der Waals surface area contributed by atoms with E-state index >= 15 is 0 Å². The Morgan fingerprint density at radius 1 is 1.50 bits per heavy atom. The van der Waals surface area contributed by atoms with Gasteiger partial charge in [0.2, 0.25) is 0 Å². The van der Waals surface area contributed by atoms with Gasteiger partial charge in [-0.15, -0.1) is 0 Å². The van der Waals surface area contributed by atoms with Gasteiger partial charge in [-0.25, -0.2) is 12.8 Å². The molecule has 0 heterocycles. The molecule has 0 N–H and O–H groups in total. The van der Waals surface area contributed by atoms with Crippen LogP contribution in [0.15, 0.2) is 21.5 Å². The van der Waals surface area contributed by atoms with Gasteiger partial charge in [-0.05, 0) is 35.3 Å². The van der Waals surface area contributed by atoms with Gasteiger partial charge in [-0.2, -0.15) is 0 Å². The highest BCUT2D eigenvalue weighted by Crippen LogP contribution is 2.32. The van der Waals surface area contributed by atoms with E-state index in [2.05, 4.69) is 15.9 Å². The molecule has 1 aromatic rings. The van der Waals surface area contributed by atoms with Crippen LogP contribution in [0.5, 0.6) is 5.75 Å². The van der Waals surface area contributed by atoms with Crippen LogP contribution in [0.1, 0.15) is 26.7 Å². The molecule has 7 heteroatoms. The molecule has 0 fully saturated rings. The van der Waals surface area contributed by atoms with Crippen LogP contribution in [0.25, 0.3) is 0 Å². The maximum atomic E-state index is 13.6. The van der Waals surface area contributed by atoms with Crippen molar-refractivity contribution in [2.45, 2.75) is 37.7 Å². The average molecular weight is 360 g/mol. The SMILES string of the molecule is CCCC(C)Oc1cc(F)c(S(=O)(=O)Cl)cc1Br. The number of ether oxygens (including phenoxy) is 1. The minimum atomic E-state index is -4.10. The number of halogens is 3. The maximum absolute atomic E-state index is 13.6. The summed E-state index contributed by atoms with van der Waals surface area (Å²) in [5.74, 6) is -0.663. The molecule has 0 saturated heterocycles. The lowest BCUT2D eigenvalue weighted by Gasteiger charge is -2.15. The van der Waals surface area contributed by atoms with Gasteiger partial charge in [0.15, 0.2) is 0 Å². The molecule has 1 rings (SSSR count). The second-order valence-corrected chi connectivity index (χ2v) is 7.26. The van der Waals surface area contributed by atoms with E-state index in [1.807, 2.05) is 13.8 Å². The molecule has 1 unspecified atom stereocenters. The highest BCUT2D eigenvalue weighted by atomic mass is 79.9. The first-order valence-electron chi connectivity index (χ1n) is 5.36. The molecule has 1 aromatic carbocycles. The van der Waals surface area contributed by atoms with E-state index in [1.54, 1.807) is 0 Å². The Bertz CT molecular complexity index is 533. The van der Waals surface area contributed by atoms with Crippen molar-refractivity contribution in [3.8, 4) is 5.75 Å². The molecule has 0 aliphatic rings. The molecule has 0 amide bonds. The van der Waals surface area contributed by atoms with Gasteiger partial charge in [0.05, 0.1) is 10.6 Å². The van der Waals surface area contributed by atoms with Crippen molar-refractivity contribution in [3.63, 3.8) is 0 Å². The lowest BCUT2D eigenvalue weighted by atomic mass is 10.2. The fraction of sp³-hybridized carbons (Fsp3) is 0.455. The monoisotopic (exact) mass is 358 g/mol. The third-order valence-corrected chi connectivity index (χ3v) is 4.23. The summed E-state index contributed by atoms with van der Waals surface area (Å²) in [4.78, 5) is -0.563.